The minimum absolute atomic E-state index is 0.284. The standard InChI is InChI=1S/C11H12FN3OS/c1-6-3-4-8(5-9(6)12)7(2)15-10(16)13-14-11(15)17/h3-5,7H,1-2H3,(H,13,16)(H,14,17). The SMILES string of the molecule is Cc1ccc(C(C)n2c(=O)[nH][nH]c2=S)cc1F. The average Bonchev–Trinajstić information content (AvgIpc) is 2.62. The predicted molar refractivity (Wildman–Crippen MR) is 65.2 cm³/mol. The number of H-pyrrole nitrogens is 2. The second kappa shape index (κ2) is 4.29. The third-order valence-corrected chi connectivity index (χ3v) is 3.08. The summed E-state index contributed by atoms with van der Waals surface area (Å²) < 4.78 is 15.1. The van der Waals surface area contributed by atoms with Crippen molar-refractivity contribution in [1.82, 2.24) is 14.8 Å². The Morgan fingerprint density at radius 3 is 2.65 bits per heavy atom. The minimum Gasteiger partial charge on any atom is -0.272 e. The summed E-state index contributed by atoms with van der Waals surface area (Å²) in [4.78, 5) is 11.5. The van der Waals surface area contributed by atoms with Crippen LogP contribution in [-0.4, -0.2) is 14.8 Å². The maximum Gasteiger partial charge on any atom is 0.342 e. The summed E-state index contributed by atoms with van der Waals surface area (Å²) >= 11 is 4.99. The van der Waals surface area contributed by atoms with Crippen molar-refractivity contribution in [3.63, 3.8) is 0 Å². The minimum atomic E-state index is -0.330. The zero-order valence-electron chi connectivity index (χ0n) is 9.45. The van der Waals surface area contributed by atoms with Gasteiger partial charge in [0.05, 0.1) is 6.04 Å². The third kappa shape index (κ3) is 2.08. The number of halogens is 1. The first-order chi connectivity index (χ1) is 8.00. The zero-order chi connectivity index (χ0) is 12.6. The van der Waals surface area contributed by atoms with Crippen LogP contribution in [0.1, 0.15) is 24.1 Å². The van der Waals surface area contributed by atoms with Crippen LogP contribution in [0, 0.1) is 17.5 Å². The van der Waals surface area contributed by atoms with E-state index in [9.17, 15) is 9.18 Å². The molecule has 1 unspecified atom stereocenters. The molecule has 0 aliphatic heterocycles. The lowest BCUT2D eigenvalue weighted by Gasteiger charge is -2.12. The number of aryl methyl sites for hydroxylation is 1. The highest BCUT2D eigenvalue weighted by atomic mass is 32.1. The molecule has 0 amide bonds. The molecule has 0 fully saturated rings. The lowest BCUT2D eigenvalue weighted by atomic mass is 10.1. The summed E-state index contributed by atoms with van der Waals surface area (Å²) in [7, 11) is 0. The average molecular weight is 253 g/mol. The van der Waals surface area contributed by atoms with E-state index in [1.165, 1.54) is 10.6 Å². The summed E-state index contributed by atoms with van der Waals surface area (Å²) in [5.41, 5.74) is 0.949. The Bertz CT molecular complexity index is 628. The predicted octanol–water partition coefficient (Wildman–Crippen LogP) is 2.29. The number of aromatic nitrogens is 3. The summed E-state index contributed by atoms with van der Waals surface area (Å²) in [5.74, 6) is -0.284. The fraction of sp³-hybridized carbons (Fsp3) is 0.273. The molecule has 1 atom stereocenters. The molecular formula is C11H12FN3OS. The van der Waals surface area contributed by atoms with Gasteiger partial charge in [0.2, 0.25) is 0 Å². The molecule has 0 aliphatic carbocycles. The number of aromatic amines is 2. The van der Waals surface area contributed by atoms with Gasteiger partial charge in [-0.05, 0) is 43.3 Å². The fourth-order valence-corrected chi connectivity index (χ4v) is 1.98. The van der Waals surface area contributed by atoms with E-state index in [2.05, 4.69) is 10.2 Å². The topological polar surface area (TPSA) is 53.6 Å². The molecule has 2 N–H and O–H groups in total. The van der Waals surface area contributed by atoms with Gasteiger partial charge >= 0.3 is 5.69 Å². The van der Waals surface area contributed by atoms with Crippen molar-refractivity contribution < 1.29 is 4.39 Å². The molecule has 2 aromatic rings. The van der Waals surface area contributed by atoms with E-state index in [1.807, 2.05) is 0 Å². The monoisotopic (exact) mass is 253 g/mol. The van der Waals surface area contributed by atoms with Crippen molar-refractivity contribution in [3.8, 4) is 0 Å². The molecule has 0 aliphatic rings. The van der Waals surface area contributed by atoms with Gasteiger partial charge in [-0.15, -0.1) is 0 Å². The molecule has 0 spiro atoms. The van der Waals surface area contributed by atoms with Gasteiger partial charge in [0.25, 0.3) is 0 Å². The van der Waals surface area contributed by atoms with Crippen molar-refractivity contribution in [1.29, 1.82) is 0 Å². The number of hydrogen-bond donors (Lipinski definition) is 2. The van der Waals surface area contributed by atoms with Crippen molar-refractivity contribution in [2.75, 3.05) is 0 Å². The molecular weight excluding hydrogens is 241 g/mol. The highest BCUT2D eigenvalue weighted by molar-refractivity contribution is 7.71. The Hall–Kier alpha value is -1.69. The maximum absolute atomic E-state index is 13.5. The van der Waals surface area contributed by atoms with E-state index in [4.69, 9.17) is 12.2 Å². The number of rotatable bonds is 2. The van der Waals surface area contributed by atoms with Crippen LogP contribution in [0.3, 0.4) is 0 Å². The smallest absolute Gasteiger partial charge is 0.272 e. The Kier molecular flexibility index (Phi) is 2.97. The molecule has 0 saturated carbocycles. The third-order valence-electron chi connectivity index (χ3n) is 2.78. The van der Waals surface area contributed by atoms with Gasteiger partial charge in [0, 0.05) is 0 Å². The molecule has 90 valence electrons. The molecule has 0 bridgehead atoms. The number of hydrogen-bond acceptors (Lipinski definition) is 2. The second-order valence-electron chi connectivity index (χ2n) is 3.91. The molecule has 6 heteroatoms. The van der Waals surface area contributed by atoms with Gasteiger partial charge in [0.1, 0.15) is 5.82 Å². The van der Waals surface area contributed by atoms with E-state index < -0.39 is 0 Å². The van der Waals surface area contributed by atoms with Crippen LogP contribution in [0.25, 0.3) is 0 Å². The molecule has 1 aromatic carbocycles. The van der Waals surface area contributed by atoms with Crippen LogP contribution in [0.4, 0.5) is 4.39 Å². The largest absolute Gasteiger partial charge is 0.342 e. The lowest BCUT2D eigenvalue weighted by molar-refractivity contribution is 0.585. The van der Waals surface area contributed by atoms with E-state index >= 15 is 0 Å². The molecule has 4 nitrogen and oxygen atoms in total. The lowest BCUT2D eigenvalue weighted by Crippen LogP contribution is -2.21. The van der Waals surface area contributed by atoms with Crippen molar-refractivity contribution in [2.45, 2.75) is 19.9 Å². The van der Waals surface area contributed by atoms with Crippen LogP contribution in [0.15, 0.2) is 23.0 Å². The van der Waals surface area contributed by atoms with Crippen LogP contribution in [0.2, 0.25) is 0 Å². The van der Waals surface area contributed by atoms with Gasteiger partial charge in [-0.25, -0.2) is 14.3 Å². The molecule has 17 heavy (non-hydrogen) atoms. The van der Waals surface area contributed by atoms with E-state index in [1.54, 1.807) is 26.0 Å². The molecule has 0 radical (unpaired) electrons. The summed E-state index contributed by atoms with van der Waals surface area (Å²) in [6.07, 6.45) is 0. The van der Waals surface area contributed by atoms with Gasteiger partial charge in [0.15, 0.2) is 4.77 Å². The van der Waals surface area contributed by atoms with Crippen molar-refractivity contribution in [2.24, 2.45) is 0 Å². The Balaban J connectivity index is 2.51. The van der Waals surface area contributed by atoms with Crippen molar-refractivity contribution in [3.05, 3.63) is 50.4 Å². The van der Waals surface area contributed by atoms with E-state index in [0.29, 0.717) is 15.9 Å². The maximum atomic E-state index is 13.5. The van der Waals surface area contributed by atoms with Crippen molar-refractivity contribution >= 4 is 12.2 Å². The van der Waals surface area contributed by atoms with Crippen LogP contribution in [-0.2, 0) is 0 Å². The van der Waals surface area contributed by atoms with Gasteiger partial charge in [-0.1, -0.05) is 12.1 Å². The van der Waals surface area contributed by atoms with Gasteiger partial charge in [-0.3, -0.25) is 9.67 Å². The number of nitrogens with one attached hydrogen (secondary N) is 2. The Labute approximate surface area is 102 Å². The molecule has 1 aromatic heterocycles. The van der Waals surface area contributed by atoms with Crippen LogP contribution >= 0.6 is 12.2 Å². The summed E-state index contributed by atoms with van der Waals surface area (Å²) in [6, 6.07) is 4.59. The first-order valence-electron chi connectivity index (χ1n) is 5.16. The Morgan fingerprint density at radius 2 is 2.12 bits per heavy atom. The van der Waals surface area contributed by atoms with Gasteiger partial charge < -0.3 is 0 Å². The molecule has 0 saturated heterocycles. The number of nitrogens with zero attached hydrogens (tertiary/aromatic N) is 1. The fourth-order valence-electron chi connectivity index (χ4n) is 1.69. The first-order valence-corrected chi connectivity index (χ1v) is 5.56. The normalized spacial score (nSPS) is 12.6. The molecule has 2 rings (SSSR count). The summed E-state index contributed by atoms with van der Waals surface area (Å²) in [6.45, 7) is 3.49. The summed E-state index contributed by atoms with van der Waals surface area (Å²) in [5, 5.41) is 4.96. The zero-order valence-corrected chi connectivity index (χ0v) is 10.3. The Morgan fingerprint density at radius 1 is 1.41 bits per heavy atom. The van der Waals surface area contributed by atoms with Gasteiger partial charge in [-0.2, -0.15) is 0 Å². The molecule has 1 heterocycles. The first kappa shape index (κ1) is 11.8. The quantitative estimate of drug-likeness (QED) is 0.807. The highest BCUT2D eigenvalue weighted by Gasteiger charge is 2.13. The second-order valence-corrected chi connectivity index (χ2v) is 4.30. The van der Waals surface area contributed by atoms with E-state index in [-0.39, 0.29) is 17.5 Å². The highest BCUT2D eigenvalue weighted by Crippen LogP contribution is 2.18. The van der Waals surface area contributed by atoms with Crippen LogP contribution < -0.4 is 5.69 Å². The van der Waals surface area contributed by atoms with Crippen LogP contribution in [0.5, 0.6) is 0 Å². The van der Waals surface area contributed by atoms with E-state index in [0.717, 1.165) is 0 Å². The number of benzene rings is 1.